The lowest BCUT2D eigenvalue weighted by molar-refractivity contribution is 0.0980. The topological polar surface area (TPSA) is 66.4 Å². The monoisotopic (exact) mass is 334 g/mol. The summed E-state index contributed by atoms with van der Waals surface area (Å²) in [5.74, 6) is 1.31. The summed E-state index contributed by atoms with van der Waals surface area (Å²) in [6.45, 7) is 7.91. The maximum absolute atomic E-state index is 6.07. The van der Waals surface area contributed by atoms with Gasteiger partial charge in [0.05, 0.1) is 19.3 Å². The number of nitrogens with zero attached hydrogens (tertiary/aromatic N) is 5. The first-order valence-electron chi connectivity index (χ1n) is 6.95. The van der Waals surface area contributed by atoms with E-state index in [1.165, 1.54) is 0 Å². The summed E-state index contributed by atoms with van der Waals surface area (Å²) >= 11 is 6.07. The smallest absolute Gasteiger partial charge is 0.231 e. The van der Waals surface area contributed by atoms with Crippen molar-refractivity contribution in [3.05, 3.63) is 5.28 Å². The van der Waals surface area contributed by atoms with E-state index in [0.717, 1.165) is 32.7 Å². The molecule has 0 bridgehead atoms. The van der Waals surface area contributed by atoms with Crippen LogP contribution in [-0.4, -0.2) is 66.9 Å². The van der Waals surface area contributed by atoms with Gasteiger partial charge in [-0.25, -0.2) is 0 Å². The largest absolute Gasteiger partial charge is 0.377 e. The molecule has 0 aliphatic carbocycles. The molecule has 21 heavy (non-hydrogen) atoms. The van der Waals surface area contributed by atoms with Crippen LogP contribution in [0.1, 0.15) is 6.92 Å². The van der Waals surface area contributed by atoms with Gasteiger partial charge in [-0.1, -0.05) is 0 Å². The lowest BCUT2D eigenvalue weighted by atomic mass is 10.3. The lowest BCUT2D eigenvalue weighted by Gasteiger charge is -2.34. The highest BCUT2D eigenvalue weighted by molar-refractivity contribution is 6.28. The fraction of sp³-hybridized carbons (Fsp3) is 0.750. The average molecular weight is 335 g/mol. The average Bonchev–Trinajstić information content (AvgIpc) is 2.48. The van der Waals surface area contributed by atoms with Crippen LogP contribution in [0.4, 0.5) is 11.9 Å². The van der Waals surface area contributed by atoms with Gasteiger partial charge in [0.25, 0.3) is 0 Å². The molecule has 1 N–H and O–H groups in total. The molecule has 1 aromatic heterocycles. The number of piperazine rings is 1. The van der Waals surface area contributed by atoms with Gasteiger partial charge in [-0.15, -0.1) is 12.4 Å². The Balaban J connectivity index is 0.00000161. The molecule has 0 aromatic carbocycles. The number of anilines is 2. The molecule has 3 heterocycles. The van der Waals surface area contributed by atoms with Crippen molar-refractivity contribution in [2.75, 3.05) is 55.7 Å². The van der Waals surface area contributed by atoms with Gasteiger partial charge in [0.1, 0.15) is 0 Å². The van der Waals surface area contributed by atoms with E-state index in [0.29, 0.717) is 25.1 Å². The molecular weight excluding hydrogens is 315 g/mol. The van der Waals surface area contributed by atoms with Gasteiger partial charge in [0.2, 0.25) is 17.2 Å². The highest BCUT2D eigenvalue weighted by Gasteiger charge is 2.24. The molecule has 0 saturated carbocycles. The minimum Gasteiger partial charge on any atom is -0.377 e. The number of rotatable bonds is 2. The van der Waals surface area contributed by atoms with Crippen LogP contribution < -0.4 is 15.1 Å². The van der Waals surface area contributed by atoms with Crippen molar-refractivity contribution in [2.45, 2.75) is 13.0 Å². The number of aromatic nitrogens is 3. The maximum atomic E-state index is 6.07. The Hall–Kier alpha value is -0.890. The molecule has 7 nitrogen and oxygen atoms in total. The summed E-state index contributed by atoms with van der Waals surface area (Å²) in [6, 6.07) is 0.248. The van der Waals surface area contributed by atoms with Crippen molar-refractivity contribution in [2.24, 2.45) is 0 Å². The zero-order chi connectivity index (χ0) is 13.9. The van der Waals surface area contributed by atoms with Crippen molar-refractivity contribution in [3.8, 4) is 0 Å². The predicted molar refractivity (Wildman–Crippen MR) is 84.8 cm³/mol. The van der Waals surface area contributed by atoms with Crippen molar-refractivity contribution in [1.82, 2.24) is 20.3 Å². The highest BCUT2D eigenvalue weighted by atomic mass is 35.5. The summed E-state index contributed by atoms with van der Waals surface area (Å²) in [7, 11) is 0. The van der Waals surface area contributed by atoms with Gasteiger partial charge in [-0.2, -0.15) is 15.0 Å². The molecule has 1 unspecified atom stereocenters. The zero-order valence-corrected chi connectivity index (χ0v) is 13.5. The third kappa shape index (κ3) is 3.85. The number of hydrogen-bond acceptors (Lipinski definition) is 7. The Morgan fingerprint density at radius 2 is 1.86 bits per heavy atom. The Labute approximate surface area is 135 Å². The van der Waals surface area contributed by atoms with Gasteiger partial charge in [0, 0.05) is 32.7 Å². The standard InChI is InChI=1S/C12H19ClN6O.ClH/c1-9-8-20-7-6-19(9)12-16-10(13)15-11(17-12)18-4-2-14-3-5-18;/h9,14H,2-8H2,1H3;1H. The second-order valence-electron chi connectivity index (χ2n) is 5.06. The summed E-state index contributed by atoms with van der Waals surface area (Å²) in [4.78, 5) is 17.4. The Morgan fingerprint density at radius 1 is 1.14 bits per heavy atom. The van der Waals surface area contributed by atoms with Gasteiger partial charge in [0.15, 0.2) is 0 Å². The van der Waals surface area contributed by atoms with Crippen molar-refractivity contribution >= 4 is 35.9 Å². The van der Waals surface area contributed by atoms with E-state index < -0.39 is 0 Å². The molecule has 1 atom stereocenters. The number of morpholine rings is 1. The summed E-state index contributed by atoms with van der Waals surface area (Å²) in [6.07, 6.45) is 0. The molecule has 9 heteroatoms. The van der Waals surface area contributed by atoms with Crippen LogP contribution in [-0.2, 0) is 4.74 Å². The second kappa shape index (κ2) is 7.40. The van der Waals surface area contributed by atoms with E-state index >= 15 is 0 Å². The molecule has 3 rings (SSSR count). The highest BCUT2D eigenvalue weighted by Crippen LogP contribution is 2.20. The molecule has 0 amide bonds. The van der Waals surface area contributed by atoms with Crippen molar-refractivity contribution in [3.63, 3.8) is 0 Å². The van der Waals surface area contributed by atoms with Gasteiger partial charge >= 0.3 is 0 Å². The predicted octanol–water partition coefficient (Wildman–Crippen LogP) is 0.581. The summed E-state index contributed by atoms with van der Waals surface area (Å²) in [5, 5.41) is 3.56. The van der Waals surface area contributed by atoms with Crippen molar-refractivity contribution in [1.29, 1.82) is 0 Å². The first-order chi connectivity index (χ1) is 9.74. The molecule has 1 aromatic rings. The summed E-state index contributed by atoms with van der Waals surface area (Å²) in [5.41, 5.74) is 0. The molecule has 118 valence electrons. The van der Waals surface area contributed by atoms with E-state index in [1.54, 1.807) is 0 Å². The van der Waals surface area contributed by atoms with Crippen LogP contribution in [0, 0.1) is 0 Å². The molecule has 2 aliphatic rings. The van der Waals surface area contributed by atoms with E-state index in [-0.39, 0.29) is 23.7 Å². The minimum absolute atomic E-state index is 0. The Kier molecular flexibility index (Phi) is 5.80. The van der Waals surface area contributed by atoms with Gasteiger partial charge in [-0.3, -0.25) is 0 Å². The molecule has 0 spiro atoms. The molecule has 2 fully saturated rings. The lowest BCUT2D eigenvalue weighted by Crippen LogP contribution is -2.46. The van der Waals surface area contributed by atoms with Crippen LogP contribution >= 0.6 is 24.0 Å². The number of nitrogens with one attached hydrogen (secondary N) is 1. The van der Waals surface area contributed by atoms with Crippen LogP contribution in [0.15, 0.2) is 0 Å². The van der Waals surface area contributed by atoms with Crippen molar-refractivity contribution < 1.29 is 4.74 Å². The third-order valence-corrected chi connectivity index (χ3v) is 3.78. The number of halogens is 2. The fourth-order valence-corrected chi connectivity index (χ4v) is 2.64. The third-order valence-electron chi connectivity index (χ3n) is 3.61. The van der Waals surface area contributed by atoms with E-state index in [4.69, 9.17) is 16.3 Å². The van der Waals surface area contributed by atoms with E-state index in [2.05, 4.69) is 37.0 Å². The zero-order valence-electron chi connectivity index (χ0n) is 12.0. The molecule has 0 radical (unpaired) electrons. The minimum atomic E-state index is 0. The maximum Gasteiger partial charge on any atom is 0.231 e. The Bertz CT molecular complexity index is 471. The molecular formula is C12H20Cl2N6O. The normalized spacial score (nSPS) is 22.9. The SMILES string of the molecule is CC1COCCN1c1nc(Cl)nc(N2CCNCC2)n1.Cl. The van der Waals surface area contributed by atoms with Gasteiger partial charge < -0.3 is 19.9 Å². The van der Waals surface area contributed by atoms with Crippen LogP contribution in [0.5, 0.6) is 0 Å². The fourth-order valence-electron chi connectivity index (χ4n) is 2.49. The molecule has 2 aliphatic heterocycles. The van der Waals surface area contributed by atoms with Crippen LogP contribution in [0.3, 0.4) is 0 Å². The van der Waals surface area contributed by atoms with Crippen LogP contribution in [0.25, 0.3) is 0 Å². The summed E-state index contributed by atoms with van der Waals surface area (Å²) < 4.78 is 5.45. The van der Waals surface area contributed by atoms with E-state index in [1.807, 2.05) is 0 Å². The molecule has 2 saturated heterocycles. The number of ether oxygens (including phenoxy) is 1. The quantitative estimate of drug-likeness (QED) is 0.848. The first kappa shape index (κ1) is 16.5. The Morgan fingerprint density at radius 3 is 2.57 bits per heavy atom. The van der Waals surface area contributed by atoms with Gasteiger partial charge in [-0.05, 0) is 18.5 Å². The first-order valence-corrected chi connectivity index (χ1v) is 7.33. The second-order valence-corrected chi connectivity index (χ2v) is 5.40. The van der Waals surface area contributed by atoms with E-state index in [9.17, 15) is 0 Å². The van der Waals surface area contributed by atoms with Crippen LogP contribution in [0.2, 0.25) is 5.28 Å². The number of hydrogen-bond donors (Lipinski definition) is 1.